The number of halogens is 1. The lowest BCUT2D eigenvalue weighted by atomic mass is 9.69. The Morgan fingerprint density at radius 2 is 1.85 bits per heavy atom. The Morgan fingerprint density at radius 3 is 2.35 bits per heavy atom. The van der Waals surface area contributed by atoms with Gasteiger partial charge in [-0.1, -0.05) is 19.3 Å². The summed E-state index contributed by atoms with van der Waals surface area (Å²) in [6, 6.07) is 2.06. The molecule has 2 N–H and O–H groups in total. The highest BCUT2D eigenvalue weighted by molar-refractivity contribution is 9.10. The zero-order chi connectivity index (χ0) is 14.8. The molecule has 112 valence electrons. The third-order valence-electron chi connectivity index (χ3n) is 4.53. The van der Waals surface area contributed by atoms with E-state index in [9.17, 15) is 0 Å². The number of hydrogen-bond donors (Lipinski definition) is 1. The molecule has 0 radical (unpaired) electrons. The van der Waals surface area contributed by atoms with Crippen molar-refractivity contribution in [2.75, 3.05) is 20.8 Å². The minimum Gasteiger partial charge on any atom is -0.496 e. The summed E-state index contributed by atoms with van der Waals surface area (Å²) < 4.78 is 12.2. The van der Waals surface area contributed by atoms with Crippen molar-refractivity contribution in [1.29, 1.82) is 0 Å². The van der Waals surface area contributed by atoms with Crippen LogP contribution in [0.3, 0.4) is 0 Å². The molecule has 0 saturated heterocycles. The molecule has 0 aliphatic heterocycles. The van der Waals surface area contributed by atoms with Crippen LogP contribution >= 0.6 is 15.9 Å². The van der Waals surface area contributed by atoms with Crippen LogP contribution in [-0.4, -0.2) is 20.8 Å². The first-order valence-corrected chi connectivity index (χ1v) is 8.00. The van der Waals surface area contributed by atoms with Crippen LogP contribution in [0.25, 0.3) is 0 Å². The first kappa shape index (κ1) is 15.6. The largest absolute Gasteiger partial charge is 0.496 e. The maximum atomic E-state index is 6.18. The van der Waals surface area contributed by atoms with Crippen molar-refractivity contribution in [3.05, 3.63) is 21.7 Å². The summed E-state index contributed by atoms with van der Waals surface area (Å²) >= 11 is 3.73. The lowest BCUT2D eigenvalue weighted by molar-refractivity contribution is 0.284. The highest BCUT2D eigenvalue weighted by Crippen LogP contribution is 2.49. The molecule has 3 nitrogen and oxygen atoms in total. The molecule has 0 bridgehead atoms. The molecule has 0 unspecified atom stereocenters. The monoisotopic (exact) mass is 341 g/mol. The van der Waals surface area contributed by atoms with Gasteiger partial charge in [0.15, 0.2) is 0 Å². The number of hydrogen-bond acceptors (Lipinski definition) is 3. The van der Waals surface area contributed by atoms with Crippen molar-refractivity contribution < 1.29 is 9.47 Å². The van der Waals surface area contributed by atoms with E-state index in [2.05, 4.69) is 22.0 Å². The quantitative estimate of drug-likeness (QED) is 0.902. The molecular formula is C16H24BrNO2. The van der Waals surface area contributed by atoms with Crippen LogP contribution in [0, 0.1) is 6.92 Å². The summed E-state index contributed by atoms with van der Waals surface area (Å²) in [6.07, 6.45) is 5.98. The Kier molecular flexibility index (Phi) is 4.97. The van der Waals surface area contributed by atoms with E-state index in [1.807, 2.05) is 6.92 Å². The number of ether oxygens (including phenoxy) is 2. The minimum absolute atomic E-state index is 0.00338. The molecule has 0 spiro atoms. The summed E-state index contributed by atoms with van der Waals surface area (Å²) in [5.74, 6) is 1.81. The number of benzene rings is 1. The molecule has 1 saturated carbocycles. The van der Waals surface area contributed by atoms with E-state index in [0.717, 1.165) is 34.4 Å². The Bertz CT molecular complexity index is 482. The molecular weight excluding hydrogens is 318 g/mol. The summed E-state index contributed by atoms with van der Waals surface area (Å²) in [6.45, 7) is 2.68. The van der Waals surface area contributed by atoms with Gasteiger partial charge in [-0.3, -0.25) is 0 Å². The van der Waals surface area contributed by atoms with Gasteiger partial charge < -0.3 is 15.2 Å². The van der Waals surface area contributed by atoms with Crippen LogP contribution in [0.15, 0.2) is 10.5 Å². The molecule has 1 aromatic rings. The van der Waals surface area contributed by atoms with Gasteiger partial charge in [-0.25, -0.2) is 0 Å². The molecule has 0 aromatic heterocycles. The van der Waals surface area contributed by atoms with Crippen LogP contribution in [0.1, 0.15) is 43.2 Å². The number of rotatable bonds is 4. The van der Waals surface area contributed by atoms with E-state index < -0.39 is 0 Å². The van der Waals surface area contributed by atoms with Crippen LogP contribution in [-0.2, 0) is 5.41 Å². The SMILES string of the molecule is COc1cc(C)c(OC)c(Br)c1C1(CN)CCCCC1. The predicted octanol–water partition coefficient (Wildman–Crippen LogP) is 3.94. The second kappa shape index (κ2) is 6.35. The van der Waals surface area contributed by atoms with Gasteiger partial charge in [0.1, 0.15) is 11.5 Å². The van der Waals surface area contributed by atoms with Gasteiger partial charge in [0, 0.05) is 17.5 Å². The fraction of sp³-hybridized carbons (Fsp3) is 0.625. The summed E-state index contributed by atoms with van der Waals surface area (Å²) in [5.41, 5.74) is 8.44. The third-order valence-corrected chi connectivity index (χ3v) is 5.28. The lowest BCUT2D eigenvalue weighted by Crippen LogP contribution is -2.38. The van der Waals surface area contributed by atoms with E-state index in [4.69, 9.17) is 15.2 Å². The van der Waals surface area contributed by atoms with Crippen molar-refractivity contribution in [2.45, 2.75) is 44.4 Å². The lowest BCUT2D eigenvalue weighted by Gasteiger charge is -2.38. The van der Waals surface area contributed by atoms with Gasteiger partial charge in [-0.2, -0.15) is 0 Å². The van der Waals surface area contributed by atoms with E-state index in [1.54, 1.807) is 14.2 Å². The first-order chi connectivity index (χ1) is 9.59. The van der Waals surface area contributed by atoms with Crippen LogP contribution in [0.4, 0.5) is 0 Å². The van der Waals surface area contributed by atoms with Gasteiger partial charge >= 0.3 is 0 Å². The minimum atomic E-state index is 0.00338. The molecule has 20 heavy (non-hydrogen) atoms. The van der Waals surface area contributed by atoms with Crippen molar-refractivity contribution in [2.24, 2.45) is 5.73 Å². The predicted molar refractivity (Wildman–Crippen MR) is 85.8 cm³/mol. The van der Waals surface area contributed by atoms with Crippen molar-refractivity contribution in [3.63, 3.8) is 0 Å². The van der Waals surface area contributed by atoms with Crippen molar-refractivity contribution in [1.82, 2.24) is 0 Å². The maximum absolute atomic E-state index is 6.18. The third kappa shape index (κ3) is 2.56. The zero-order valence-corrected chi connectivity index (χ0v) is 14.2. The summed E-state index contributed by atoms with van der Waals surface area (Å²) in [7, 11) is 3.43. The van der Waals surface area contributed by atoms with E-state index in [0.29, 0.717) is 6.54 Å². The normalized spacial score (nSPS) is 17.9. The molecule has 0 heterocycles. The smallest absolute Gasteiger partial charge is 0.136 e. The number of methoxy groups -OCH3 is 2. The Labute approximate surface area is 130 Å². The second-order valence-corrected chi connectivity index (χ2v) is 6.46. The van der Waals surface area contributed by atoms with Gasteiger partial charge in [0.05, 0.1) is 18.7 Å². The molecule has 2 rings (SSSR count). The van der Waals surface area contributed by atoms with Crippen LogP contribution < -0.4 is 15.2 Å². The van der Waals surface area contributed by atoms with Gasteiger partial charge in [0.2, 0.25) is 0 Å². The average molecular weight is 342 g/mol. The highest BCUT2D eigenvalue weighted by atomic mass is 79.9. The molecule has 1 aromatic carbocycles. The van der Waals surface area contributed by atoms with Gasteiger partial charge in [-0.15, -0.1) is 0 Å². The Hall–Kier alpha value is -0.740. The van der Waals surface area contributed by atoms with Crippen molar-refractivity contribution >= 4 is 15.9 Å². The fourth-order valence-electron chi connectivity index (χ4n) is 3.42. The van der Waals surface area contributed by atoms with E-state index >= 15 is 0 Å². The van der Waals surface area contributed by atoms with Gasteiger partial charge in [-0.05, 0) is 47.3 Å². The van der Waals surface area contributed by atoms with Crippen LogP contribution in [0.2, 0.25) is 0 Å². The fourth-order valence-corrected chi connectivity index (χ4v) is 4.51. The van der Waals surface area contributed by atoms with Crippen LogP contribution in [0.5, 0.6) is 11.5 Å². The van der Waals surface area contributed by atoms with E-state index in [-0.39, 0.29) is 5.41 Å². The highest BCUT2D eigenvalue weighted by Gasteiger charge is 2.38. The van der Waals surface area contributed by atoms with Crippen molar-refractivity contribution in [3.8, 4) is 11.5 Å². The maximum Gasteiger partial charge on any atom is 0.136 e. The standard InChI is InChI=1S/C16H24BrNO2/c1-11-9-12(19-2)13(14(17)15(11)20-3)16(10-18)7-5-4-6-8-16/h9H,4-8,10,18H2,1-3H3. The first-order valence-electron chi connectivity index (χ1n) is 7.21. The second-order valence-electron chi connectivity index (χ2n) is 5.66. The van der Waals surface area contributed by atoms with E-state index in [1.165, 1.54) is 24.8 Å². The molecule has 1 aliphatic carbocycles. The molecule has 1 fully saturated rings. The summed E-state index contributed by atoms with van der Waals surface area (Å²) in [5, 5.41) is 0. The Morgan fingerprint density at radius 1 is 1.20 bits per heavy atom. The Balaban J connectivity index is 2.64. The molecule has 4 heteroatoms. The zero-order valence-electron chi connectivity index (χ0n) is 12.6. The molecule has 0 amide bonds. The summed E-state index contributed by atoms with van der Waals surface area (Å²) in [4.78, 5) is 0. The number of aryl methyl sites for hydroxylation is 1. The topological polar surface area (TPSA) is 44.5 Å². The average Bonchev–Trinajstić information content (AvgIpc) is 2.47. The number of nitrogens with two attached hydrogens (primary N) is 1. The molecule has 0 atom stereocenters. The van der Waals surface area contributed by atoms with Gasteiger partial charge in [0.25, 0.3) is 0 Å². The molecule has 1 aliphatic rings.